The lowest BCUT2D eigenvalue weighted by molar-refractivity contribution is 0.0890. The molecule has 1 rings (SSSR count). The summed E-state index contributed by atoms with van der Waals surface area (Å²) in [5, 5.41) is 0. The molecule has 0 fully saturated rings. The zero-order chi connectivity index (χ0) is 14.1. The molecule has 0 amide bonds. The first-order valence-corrected chi connectivity index (χ1v) is 6.57. The van der Waals surface area contributed by atoms with Crippen LogP contribution >= 0.6 is 0 Å². The minimum Gasteiger partial charge on any atom is -0.383 e. The largest absolute Gasteiger partial charge is 0.383 e. The van der Waals surface area contributed by atoms with Crippen molar-refractivity contribution in [2.24, 2.45) is 5.73 Å². The number of hydrogen-bond acceptors (Lipinski definition) is 5. The van der Waals surface area contributed by atoms with Crippen LogP contribution in [0.25, 0.3) is 0 Å². The van der Waals surface area contributed by atoms with Crippen molar-refractivity contribution in [2.45, 2.75) is 13.0 Å². The van der Waals surface area contributed by atoms with Gasteiger partial charge in [-0.1, -0.05) is 6.07 Å². The Balaban J connectivity index is 2.78. The average Bonchev–Trinajstić information content (AvgIpc) is 2.43. The SMILES string of the molecule is COCCN(CCOC)C(CN)c1ccc(C)nc1. The molecule has 19 heavy (non-hydrogen) atoms. The number of hydrogen-bond donors (Lipinski definition) is 1. The summed E-state index contributed by atoms with van der Waals surface area (Å²) in [6.07, 6.45) is 1.90. The van der Waals surface area contributed by atoms with Gasteiger partial charge in [-0.05, 0) is 18.6 Å². The summed E-state index contributed by atoms with van der Waals surface area (Å²) in [4.78, 5) is 6.62. The molecule has 0 spiro atoms. The Kier molecular flexibility index (Phi) is 7.59. The topological polar surface area (TPSA) is 60.6 Å². The van der Waals surface area contributed by atoms with Gasteiger partial charge in [-0.2, -0.15) is 0 Å². The third-order valence-corrected chi connectivity index (χ3v) is 3.15. The van der Waals surface area contributed by atoms with Crippen LogP contribution < -0.4 is 5.73 Å². The van der Waals surface area contributed by atoms with Crippen molar-refractivity contribution in [3.8, 4) is 0 Å². The molecule has 2 N–H and O–H groups in total. The van der Waals surface area contributed by atoms with Gasteiger partial charge in [-0.3, -0.25) is 9.88 Å². The van der Waals surface area contributed by atoms with Gasteiger partial charge in [-0.15, -0.1) is 0 Å². The van der Waals surface area contributed by atoms with Crippen LogP contribution in [0.5, 0.6) is 0 Å². The van der Waals surface area contributed by atoms with E-state index in [1.54, 1.807) is 14.2 Å². The first-order valence-electron chi connectivity index (χ1n) is 6.57. The molecule has 0 aliphatic heterocycles. The van der Waals surface area contributed by atoms with Crippen LogP contribution in [-0.4, -0.2) is 57.0 Å². The molecule has 0 saturated carbocycles. The predicted octanol–water partition coefficient (Wildman–Crippen LogP) is 0.985. The maximum absolute atomic E-state index is 5.94. The zero-order valence-electron chi connectivity index (χ0n) is 12.1. The van der Waals surface area contributed by atoms with Crippen LogP contribution in [-0.2, 0) is 9.47 Å². The number of nitrogens with two attached hydrogens (primary N) is 1. The standard InChI is InChI=1S/C14H25N3O2/c1-12-4-5-13(11-16-12)14(10-15)17(6-8-18-2)7-9-19-3/h4-5,11,14H,6-10,15H2,1-3H3. The molecule has 0 aromatic carbocycles. The summed E-state index contributed by atoms with van der Waals surface area (Å²) in [7, 11) is 3.42. The second-order valence-corrected chi connectivity index (χ2v) is 4.51. The lowest BCUT2D eigenvalue weighted by Crippen LogP contribution is -2.38. The van der Waals surface area contributed by atoms with E-state index in [4.69, 9.17) is 15.2 Å². The van der Waals surface area contributed by atoms with Crippen molar-refractivity contribution in [3.63, 3.8) is 0 Å². The van der Waals surface area contributed by atoms with E-state index >= 15 is 0 Å². The molecule has 0 saturated heterocycles. The Morgan fingerprint density at radius 1 is 1.21 bits per heavy atom. The van der Waals surface area contributed by atoms with E-state index in [0.29, 0.717) is 19.8 Å². The predicted molar refractivity (Wildman–Crippen MR) is 76.1 cm³/mol. The van der Waals surface area contributed by atoms with Crippen LogP contribution in [0.15, 0.2) is 18.3 Å². The van der Waals surface area contributed by atoms with E-state index < -0.39 is 0 Å². The summed E-state index contributed by atoms with van der Waals surface area (Å²) in [6.45, 7) is 5.55. The lowest BCUT2D eigenvalue weighted by Gasteiger charge is -2.30. The molecule has 0 aliphatic rings. The highest BCUT2D eigenvalue weighted by atomic mass is 16.5. The number of rotatable bonds is 9. The van der Waals surface area contributed by atoms with Gasteiger partial charge in [0.2, 0.25) is 0 Å². The number of ether oxygens (including phenoxy) is 2. The number of aromatic nitrogens is 1. The summed E-state index contributed by atoms with van der Waals surface area (Å²) in [6, 6.07) is 4.26. The first-order chi connectivity index (χ1) is 9.22. The van der Waals surface area contributed by atoms with Gasteiger partial charge in [0.25, 0.3) is 0 Å². The van der Waals surface area contributed by atoms with E-state index in [1.165, 1.54) is 0 Å². The zero-order valence-corrected chi connectivity index (χ0v) is 12.1. The van der Waals surface area contributed by atoms with Gasteiger partial charge in [0, 0.05) is 51.8 Å². The van der Waals surface area contributed by atoms with Crippen molar-refractivity contribution in [2.75, 3.05) is 47.1 Å². The van der Waals surface area contributed by atoms with Crippen molar-refractivity contribution in [1.29, 1.82) is 0 Å². The summed E-state index contributed by atoms with van der Waals surface area (Å²) < 4.78 is 10.3. The Morgan fingerprint density at radius 3 is 2.26 bits per heavy atom. The maximum atomic E-state index is 5.94. The minimum absolute atomic E-state index is 0.151. The quantitative estimate of drug-likeness (QED) is 0.723. The second-order valence-electron chi connectivity index (χ2n) is 4.51. The van der Waals surface area contributed by atoms with Gasteiger partial charge >= 0.3 is 0 Å². The molecule has 108 valence electrons. The lowest BCUT2D eigenvalue weighted by atomic mass is 10.1. The fraction of sp³-hybridized carbons (Fsp3) is 0.643. The Labute approximate surface area is 115 Å². The van der Waals surface area contributed by atoms with Crippen LogP contribution in [0.2, 0.25) is 0 Å². The van der Waals surface area contributed by atoms with E-state index in [1.807, 2.05) is 19.2 Å². The molecule has 1 heterocycles. The number of nitrogens with zero attached hydrogens (tertiary/aromatic N) is 2. The van der Waals surface area contributed by atoms with Gasteiger partial charge in [0.05, 0.1) is 13.2 Å². The van der Waals surface area contributed by atoms with Crippen molar-refractivity contribution in [3.05, 3.63) is 29.6 Å². The molecule has 1 aromatic rings. The van der Waals surface area contributed by atoms with Gasteiger partial charge in [-0.25, -0.2) is 0 Å². The molecule has 5 heteroatoms. The van der Waals surface area contributed by atoms with Crippen molar-refractivity contribution in [1.82, 2.24) is 9.88 Å². The highest BCUT2D eigenvalue weighted by Gasteiger charge is 2.18. The van der Waals surface area contributed by atoms with Crippen LogP contribution in [0.3, 0.4) is 0 Å². The third kappa shape index (κ3) is 5.24. The summed E-state index contributed by atoms with van der Waals surface area (Å²) in [5.41, 5.74) is 8.09. The third-order valence-electron chi connectivity index (χ3n) is 3.15. The van der Waals surface area contributed by atoms with Gasteiger partial charge in [0.15, 0.2) is 0 Å². The molecular formula is C14H25N3O2. The molecule has 0 aliphatic carbocycles. The fourth-order valence-corrected chi connectivity index (χ4v) is 2.01. The Morgan fingerprint density at radius 2 is 1.84 bits per heavy atom. The van der Waals surface area contributed by atoms with Gasteiger partial charge < -0.3 is 15.2 Å². The molecule has 0 bridgehead atoms. The summed E-state index contributed by atoms with van der Waals surface area (Å²) in [5.74, 6) is 0. The monoisotopic (exact) mass is 267 g/mol. The molecular weight excluding hydrogens is 242 g/mol. The van der Waals surface area contributed by atoms with Crippen LogP contribution in [0, 0.1) is 6.92 Å². The van der Waals surface area contributed by atoms with Crippen molar-refractivity contribution < 1.29 is 9.47 Å². The van der Waals surface area contributed by atoms with E-state index in [-0.39, 0.29) is 6.04 Å². The molecule has 1 atom stereocenters. The molecule has 1 unspecified atom stereocenters. The minimum atomic E-state index is 0.151. The highest BCUT2D eigenvalue weighted by molar-refractivity contribution is 5.17. The first kappa shape index (κ1) is 16.0. The Bertz CT molecular complexity index is 335. The highest BCUT2D eigenvalue weighted by Crippen LogP contribution is 2.18. The normalized spacial score (nSPS) is 12.9. The second kappa shape index (κ2) is 8.98. The van der Waals surface area contributed by atoms with E-state index in [2.05, 4.69) is 16.0 Å². The molecule has 0 radical (unpaired) electrons. The number of methoxy groups -OCH3 is 2. The molecule has 1 aromatic heterocycles. The maximum Gasteiger partial charge on any atom is 0.0589 e. The molecule has 5 nitrogen and oxygen atoms in total. The smallest absolute Gasteiger partial charge is 0.0589 e. The van der Waals surface area contributed by atoms with E-state index in [9.17, 15) is 0 Å². The number of aryl methyl sites for hydroxylation is 1. The van der Waals surface area contributed by atoms with E-state index in [0.717, 1.165) is 24.3 Å². The van der Waals surface area contributed by atoms with Gasteiger partial charge in [0.1, 0.15) is 0 Å². The fourth-order valence-electron chi connectivity index (χ4n) is 2.01. The Hall–Kier alpha value is -1.01. The average molecular weight is 267 g/mol. The summed E-state index contributed by atoms with van der Waals surface area (Å²) >= 11 is 0. The van der Waals surface area contributed by atoms with Crippen LogP contribution in [0.1, 0.15) is 17.3 Å². The van der Waals surface area contributed by atoms with Crippen molar-refractivity contribution >= 4 is 0 Å². The number of pyridine rings is 1. The van der Waals surface area contributed by atoms with Crippen LogP contribution in [0.4, 0.5) is 0 Å².